The molecule has 2 aliphatic carbocycles. The van der Waals surface area contributed by atoms with Gasteiger partial charge in [0.05, 0.1) is 33.4 Å². The Morgan fingerprint density at radius 3 is 1.16 bits per heavy atom. The van der Waals surface area contributed by atoms with Crippen LogP contribution in [0.3, 0.4) is 0 Å². The van der Waals surface area contributed by atoms with Crippen LogP contribution in [-0.2, 0) is 21.7 Å². The summed E-state index contributed by atoms with van der Waals surface area (Å²) in [6.07, 6.45) is 0. The normalized spacial score (nSPS) is 17.9. The first-order valence-corrected chi connectivity index (χ1v) is 20.5. The minimum atomic E-state index is -0.187. The van der Waals surface area contributed by atoms with Gasteiger partial charge in [0.2, 0.25) is 0 Å². The molecule has 0 bridgehead atoms. The van der Waals surface area contributed by atoms with Crippen molar-refractivity contribution in [1.29, 1.82) is 0 Å². The molecule has 0 amide bonds. The van der Waals surface area contributed by atoms with Crippen LogP contribution in [0.1, 0.15) is 99.9 Å². The van der Waals surface area contributed by atoms with Crippen LogP contribution in [0.2, 0.25) is 0 Å². The number of benzene rings is 7. The first-order valence-electron chi connectivity index (χ1n) is 20.5. The van der Waals surface area contributed by atoms with Gasteiger partial charge in [0.15, 0.2) is 0 Å². The highest BCUT2D eigenvalue weighted by Gasteiger charge is 2.46. The molecular formula is C54H44N2. The number of hydrogen-bond acceptors (Lipinski definition) is 0. The molecule has 0 atom stereocenters. The third-order valence-electron chi connectivity index (χ3n) is 15.2. The van der Waals surface area contributed by atoms with E-state index in [2.05, 4.69) is 186 Å². The zero-order valence-corrected chi connectivity index (χ0v) is 33.4. The van der Waals surface area contributed by atoms with Crippen molar-refractivity contribution < 1.29 is 0 Å². The Kier molecular flexibility index (Phi) is 5.26. The molecule has 0 unspecified atom stereocenters. The molecule has 0 radical (unpaired) electrons. The van der Waals surface area contributed by atoms with Crippen molar-refractivity contribution in [2.45, 2.75) is 77.0 Å². The van der Waals surface area contributed by atoms with Gasteiger partial charge >= 0.3 is 0 Å². The lowest BCUT2D eigenvalue weighted by molar-refractivity contribution is 0.630. The highest BCUT2D eigenvalue weighted by molar-refractivity contribution is 6.18. The first kappa shape index (κ1) is 31.4. The maximum atomic E-state index is 2.60. The molecule has 7 aromatic carbocycles. The smallest absolute Gasteiger partial charge is 0.0582 e. The summed E-state index contributed by atoms with van der Waals surface area (Å²) < 4.78 is 5.14. The molecule has 270 valence electrons. The topological polar surface area (TPSA) is 9.86 Å². The van der Waals surface area contributed by atoms with Crippen molar-refractivity contribution in [3.63, 3.8) is 0 Å². The molecule has 0 fully saturated rings. The Bertz CT molecular complexity index is 3130. The monoisotopic (exact) mass is 720 g/mol. The van der Waals surface area contributed by atoms with Gasteiger partial charge in [0.25, 0.3) is 0 Å². The van der Waals surface area contributed by atoms with Crippen LogP contribution >= 0.6 is 0 Å². The summed E-state index contributed by atoms with van der Waals surface area (Å²) in [7, 11) is 0. The third kappa shape index (κ3) is 3.22. The predicted molar refractivity (Wildman–Crippen MR) is 235 cm³/mol. The molecule has 56 heavy (non-hydrogen) atoms. The van der Waals surface area contributed by atoms with E-state index in [9.17, 15) is 0 Å². The van der Waals surface area contributed by atoms with Gasteiger partial charge in [-0.05, 0) is 103 Å². The van der Waals surface area contributed by atoms with E-state index in [4.69, 9.17) is 0 Å². The third-order valence-corrected chi connectivity index (χ3v) is 15.2. The highest BCUT2D eigenvalue weighted by Crippen LogP contribution is 2.61. The van der Waals surface area contributed by atoms with Crippen molar-refractivity contribution in [2.75, 3.05) is 0 Å². The van der Waals surface area contributed by atoms with E-state index in [-0.39, 0.29) is 21.7 Å². The second kappa shape index (κ2) is 9.39. The summed E-state index contributed by atoms with van der Waals surface area (Å²) in [5, 5.41) is 5.56. The summed E-state index contributed by atoms with van der Waals surface area (Å²) in [5.41, 5.74) is 24.4. The van der Waals surface area contributed by atoms with E-state index in [1.807, 2.05) is 0 Å². The summed E-state index contributed by atoms with van der Waals surface area (Å²) in [4.78, 5) is 0. The van der Waals surface area contributed by atoms with Gasteiger partial charge in [-0.2, -0.15) is 0 Å². The second-order valence-corrected chi connectivity index (χ2v) is 19.3. The average Bonchev–Trinajstić information content (AvgIpc) is 3.85. The molecule has 9 aromatic rings. The molecule has 2 nitrogen and oxygen atoms in total. The van der Waals surface area contributed by atoms with Crippen molar-refractivity contribution in [3.05, 3.63) is 166 Å². The van der Waals surface area contributed by atoms with Crippen LogP contribution in [0.25, 0.3) is 77.2 Å². The van der Waals surface area contributed by atoms with Gasteiger partial charge in [0.1, 0.15) is 0 Å². The maximum Gasteiger partial charge on any atom is 0.0582 e. The Labute approximate surface area is 328 Å². The lowest BCUT2D eigenvalue weighted by Gasteiger charge is -2.34. The Balaban J connectivity index is 1.08. The number of fused-ring (bicyclic) bond motifs is 18. The van der Waals surface area contributed by atoms with Crippen LogP contribution in [0.15, 0.2) is 121 Å². The van der Waals surface area contributed by atoms with Gasteiger partial charge in [-0.25, -0.2) is 0 Å². The van der Waals surface area contributed by atoms with Gasteiger partial charge in [-0.15, -0.1) is 0 Å². The van der Waals surface area contributed by atoms with Crippen LogP contribution in [0.4, 0.5) is 0 Å². The molecule has 0 N–H and O–H groups in total. The molecule has 2 heteroatoms. The largest absolute Gasteiger partial charge is 0.309 e. The number of rotatable bonds is 0. The number of hydrogen-bond donors (Lipinski definition) is 0. The Hall–Kier alpha value is -5.86. The molecule has 2 aliphatic heterocycles. The minimum absolute atomic E-state index is 0.0848. The van der Waals surface area contributed by atoms with Crippen molar-refractivity contribution >= 4 is 43.6 Å². The fraction of sp³-hybridized carbons (Fsp3) is 0.222. The molecule has 2 aromatic heterocycles. The number of aromatic nitrogens is 2. The van der Waals surface area contributed by atoms with E-state index in [1.165, 1.54) is 122 Å². The van der Waals surface area contributed by atoms with Crippen molar-refractivity contribution in [3.8, 4) is 33.6 Å². The van der Waals surface area contributed by atoms with E-state index in [0.717, 1.165) is 0 Å². The minimum Gasteiger partial charge on any atom is -0.309 e. The summed E-state index contributed by atoms with van der Waals surface area (Å²) in [5.74, 6) is 0. The molecule has 0 saturated heterocycles. The zero-order valence-electron chi connectivity index (χ0n) is 33.4. The summed E-state index contributed by atoms with van der Waals surface area (Å²) in [6, 6.07) is 47.1. The highest BCUT2D eigenvalue weighted by atomic mass is 15.0. The lowest BCUT2D eigenvalue weighted by atomic mass is 9.74. The first-order chi connectivity index (χ1) is 26.8. The standard InChI is InChI=1S/C54H44N2/c1-51(2)35-17-9-11-21-41(35)55-43-25-23-29-33-27-40-34(28-39(33)53(5,6)47(29)45(43)31-15-13-19-37(51)49(31)55)30-24-26-44-46(48(30)54(40,7)8)32-16-14-20-38-50(32)56(44)42-22-12-10-18-36(42)52(38,3)4/h9-28H,1-8H3. The van der Waals surface area contributed by atoms with Crippen LogP contribution in [-0.4, -0.2) is 9.13 Å². The van der Waals surface area contributed by atoms with E-state index in [0.29, 0.717) is 0 Å². The summed E-state index contributed by atoms with van der Waals surface area (Å²) >= 11 is 0. The molecule has 0 spiro atoms. The quantitative estimate of drug-likeness (QED) is 0.148. The van der Waals surface area contributed by atoms with Gasteiger partial charge in [-0.1, -0.05) is 140 Å². The van der Waals surface area contributed by atoms with Gasteiger partial charge in [0, 0.05) is 43.2 Å². The summed E-state index contributed by atoms with van der Waals surface area (Å²) in [6.45, 7) is 19.5. The molecule has 4 heterocycles. The average molecular weight is 721 g/mol. The predicted octanol–water partition coefficient (Wildman–Crippen LogP) is 13.8. The number of nitrogens with zero attached hydrogens (tertiary/aromatic N) is 2. The van der Waals surface area contributed by atoms with Crippen LogP contribution < -0.4 is 0 Å². The fourth-order valence-electron chi connectivity index (χ4n) is 12.6. The Morgan fingerprint density at radius 1 is 0.339 bits per heavy atom. The maximum absolute atomic E-state index is 2.60. The molecular weight excluding hydrogens is 677 g/mol. The van der Waals surface area contributed by atoms with E-state index < -0.39 is 0 Å². The van der Waals surface area contributed by atoms with Gasteiger partial charge < -0.3 is 9.13 Å². The molecule has 0 saturated carbocycles. The molecule has 4 aliphatic rings. The van der Waals surface area contributed by atoms with Crippen LogP contribution in [0, 0.1) is 0 Å². The number of para-hydroxylation sites is 4. The lowest BCUT2D eigenvalue weighted by Crippen LogP contribution is -2.26. The zero-order chi connectivity index (χ0) is 38.0. The van der Waals surface area contributed by atoms with Crippen LogP contribution in [0.5, 0.6) is 0 Å². The van der Waals surface area contributed by atoms with E-state index in [1.54, 1.807) is 0 Å². The fourth-order valence-corrected chi connectivity index (χ4v) is 12.6. The second-order valence-electron chi connectivity index (χ2n) is 19.3. The van der Waals surface area contributed by atoms with Gasteiger partial charge in [-0.3, -0.25) is 0 Å². The van der Waals surface area contributed by atoms with Crippen molar-refractivity contribution in [2.24, 2.45) is 0 Å². The Morgan fingerprint density at radius 2 is 0.732 bits per heavy atom. The van der Waals surface area contributed by atoms with E-state index >= 15 is 0 Å². The molecule has 13 rings (SSSR count). The SMILES string of the molecule is CC1(C)c2cc3c(cc2-c2ccc4c(c21)c1cccc2c1n4-c1ccccc1C2(C)C)C(C)(C)c1c-3ccc2c1c1cccc3c1n2-c1ccccc1C3(C)C. The van der Waals surface area contributed by atoms with Crippen molar-refractivity contribution in [1.82, 2.24) is 9.13 Å².